The van der Waals surface area contributed by atoms with Crippen LogP contribution in [0.5, 0.6) is 5.75 Å². The summed E-state index contributed by atoms with van der Waals surface area (Å²) >= 11 is 1.40. The summed E-state index contributed by atoms with van der Waals surface area (Å²) in [7, 11) is 3.65. The van der Waals surface area contributed by atoms with E-state index in [4.69, 9.17) is 9.26 Å². The number of rotatable bonds is 5. The summed E-state index contributed by atoms with van der Waals surface area (Å²) in [4.78, 5) is 20.0. The normalized spacial score (nSPS) is 17.4. The lowest BCUT2D eigenvalue weighted by atomic mass is 10.2. The number of piperazine rings is 1. The molecule has 0 spiro atoms. The van der Waals surface area contributed by atoms with Gasteiger partial charge in [0.05, 0.1) is 23.0 Å². The van der Waals surface area contributed by atoms with Gasteiger partial charge in [0.25, 0.3) is 11.8 Å². The van der Waals surface area contributed by atoms with Crippen LogP contribution in [0.3, 0.4) is 0 Å². The number of likely N-dealkylation sites (N-methyl/N-ethyl adjacent to an activating group) is 1. The molecule has 1 aromatic carbocycles. The van der Waals surface area contributed by atoms with Crippen LogP contribution in [0.15, 0.2) is 40.9 Å². The molecule has 146 valence electrons. The molecular formula is C19H21N5O3S. The Bertz CT molecular complexity index is 953. The summed E-state index contributed by atoms with van der Waals surface area (Å²) in [5.74, 6) is 1.66. The first-order valence-corrected chi connectivity index (χ1v) is 9.76. The number of carbonyl (C=O) groups is 1. The van der Waals surface area contributed by atoms with Crippen LogP contribution in [0, 0.1) is 0 Å². The Hall–Kier alpha value is -2.75. The van der Waals surface area contributed by atoms with E-state index in [9.17, 15) is 4.79 Å². The molecule has 1 aliphatic heterocycles. The summed E-state index contributed by atoms with van der Waals surface area (Å²) in [5.41, 5.74) is 0.559. The summed E-state index contributed by atoms with van der Waals surface area (Å²) in [6, 6.07) is 10.8. The molecule has 0 bridgehead atoms. The van der Waals surface area contributed by atoms with E-state index >= 15 is 0 Å². The van der Waals surface area contributed by atoms with Crippen LogP contribution in [0.2, 0.25) is 0 Å². The summed E-state index contributed by atoms with van der Waals surface area (Å²) < 4.78 is 10.6. The number of carbonyl (C=O) groups excluding carboxylic acids is 1. The van der Waals surface area contributed by atoms with Crippen molar-refractivity contribution >= 4 is 22.2 Å². The number of hydrogen-bond acceptors (Lipinski definition) is 8. The zero-order chi connectivity index (χ0) is 19.5. The summed E-state index contributed by atoms with van der Waals surface area (Å²) in [5, 5.41) is 11.1. The molecule has 1 unspecified atom stereocenters. The zero-order valence-electron chi connectivity index (χ0n) is 15.6. The molecule has 1 saturated heterocycles. The molecule has 1 atom stereocenters. The Morgan fingerprint density at radius 2 is 2.14 bits per heavy atom. The number of ether oxygens (including phenoxy) is 1. The average Bonchev–Trinajstić information content (AvgIpc) is 3.38. The Morgan fingerprint density at radius 3 is 2.89 bits per heavy atom. The number of nitrogens with zero attached hydrogens (tertiary/aromatic N) is 3. The lowest BCUT2D eigenvalue weighted by Crippen LogP contribution is -2.44. The number of anilines is 1. The van der Waals surface area contributed by atoms with E-state index in [2.05, 4.69) is 32.7 Å². The largest absolute Gasteiger partial charge is 0.497 e. The molecule has 8 nitrogen and oxygen atoms in total. The van der Waals surface area contributed by atoms with Crippen molar-refractivity contribution < 1.29 is 14.1 Å². The van der Waals surface area contributed by atoms with Crippen molar-refractivity contribution in [1.82, 2.24) is 20.4 Å². The van der Waals surface area contributed by atoms with Crippen molar-refractivity contribution in [2.24, 2.45) is 0 Å². The number of hydrogen-bond donors (Lipinski definition) is 2. The number of nitrogens with one attached hydrogen (secondary N) is 2. The number of aromatic nitrogens is 2. The topological polar surface area (TPSA) is 92.5 Å². The fourth-order valence-corrected chi connectivity index (χ4v) is 3.83. The molecule has 0 saturated carbocycles. The molecule has 0 aliphatic carbocycles. The van der Waals surface area contributed by atoms with Gasteiger partial charge in [-0.1, -0.05) is 5.16 Å². The maximum atomic E-state index is 12.4. The van der Waals surface area contributed by atoms with Crippen LogP contribution in [0.4, 0.5) is 5.00 Å². The molecule has 1 fully saturated rings. The van der Waals surface area contributed by atoms with Crippen molar-refractivity contribution in [1.29, 1.82) is 0 Å². The third-order valence-electron chi connectivity index (χ3n) is 4.66. The Morgan fingerprint density at radius 1 is 1.32 bits per heavy atom. The highest BCUT2D eigenvalue weighted by Gasteiger charge is 2.25. The third-order valence-corrected chi connectivity index (χ3v) is 5.65. The predicted octanol–water partition coefficient (Wildman–Crippen LogP) is 2.64. The Balaban J connectivity index is 1.44. The number of amides is 1. The van der Waals surface area contributed by atoms with Crippen LogP contribution in [-0.2, 0) is 0 Å². The van der Waals surface area contributed by atoms with Crippen LogP contribution >= 0.6 is 11.3 Å². The molecular weight excluding hydrogens is 378 g/mol. The fraction of sp³-hybridized carbons (Fsp3) is 0.316. The zero-order valence-corrected chi connectivity index (χ0v) is 16.5. The van der Waals surface area contributed by atoms with E-state index in [1.807, 2.05) is 12.1 Å². The second kappa shape index (κ2) is 8.09. The quantitative estimate of drug-likeness (QED) is 0.681. The van der Waals surface area contributed by atoms with Gasteiger partial charge in [-0.2, -0.15) is 4.98 Å². The van der Waals surface area contributed by atoms with Gasteiger partial charge in [0.1, 0.15) is 5.75 Å². The van der Waals surface area contributed by atoms with E-state index in [0.717, 1.165) is 24.5 Å². The molecule has 2 aromatic heterocycles. The molecule has 1 amide bonds. The number of thiophene rings is 1. The lowest BCUT2D eigenvalue weighted by Gasteiger charge is -2.30. The van der Waals surface area contributed by atoms with Gasteiger partial charge in [-0.3, -0.25) is 9.69 Å². The minimum absolute atomic E-state index is 0.0976. The molecule has 4 rings (SSSR count). The molecule has 3 aromatic rings. The Kier molecular flexibility index (Phi) is 5.38. The summed E-state index contributed by atoms with van der Waals surface area (Å²) in [6.07, 6.45) is 0. The standard InChI is InChI=1S/C19H21N5O3S/c1-24-10-9-20-11-14(24)17-22-19(27-23-17)15-7-8-16(28-15)21-18(25)12-3-5-13(26-2)6-4-12/h3-8,14,20H,9-11H2,1-2H3,(H,21,25). The van der Waals surface area contributed by atoms with Gasteiger partial charge >= 0.3 is 0 Å². The fourth-order valence-electron chi connectivity index (χ4n) is 3.01. The maximum absolute atomic E-state index is 12.4. The average molecular weight is 399 g/mol. The highest BCUT2D eigenvalue weighted by Crippen LogP contribution is 2.31. The van der Waals surface area contributed by atoms with Crippen molar-refractivity contribution in [3.63, 3.8) is 0 Å². The first-order valence-electron chi connectivity index (χ1n) is 8.94. The third kappa shape index (κ3) is 3.91. The van der Waals surface area contributed by atoms with Crippen molar-refractivity contribution in [2.75, 3.05) is 39.1 Å². The molecule has 2 N–H and O–H groups in total. The van der Waals surface area contributed by atoms with E-state index in [-0.39, 0.29) is 11.9 Å². The van der Waals surface area contributed by atoms with E-state index < -0.39 is 0 Å². The van der Waals surface area contributed by atoms with Gasteiger partial charge < -0.3 is 19.9 Å². The molecule has 9 heteroatoms. The first-order chi connectivity index (χ1) is 13.6. The number of methoxy groups -OCH3 is 1. The monoisotopic (exact) mass is 399 g/mol. The van der Waals surface area contributed by atoms with Crippen molar-refractivity contribution in [3.8, 4) is 16.5 Å². The first kappa shape index (κ1) is 18.6. The van der Waals surface area contributed by atoms with Crippen LogP contribution < -0.4 is 15.4 Å². The molecule has 3 heterocycles. The molecule has 28 heavy (non-hydrogen) atoms. The predicted molar refractivity (Wildman–Crippen MR) is 107 cm³/mol. The van der Waals surface area contributed by atoms with Gasteiger partial charge in [-0.15, -0.1) is 11.3 Å². The van der Waals surface area contributed by atoms with E-state index in [1.165, 1.54) is 11.3 Å². The van der Waals surface area contributed by atoms with Crippen molar-refractivity contribution in [2.45, 2.75) is 6.04 Å². The smallest absolute Gasteiger partial charge is 0.268 e. The van der Waals surface area contributed by atoms with E-state index in [0.29, 0.717) is 28.0 Å². The highest BCUT2D eigenvalue weighted by atomic mass is 32.1. The van der Waals surface area contributed by atoms with Gasteiger partial charge in [0.15, 0.2) is 5.82 Å². The van der Waals surface area contributed by atoms with Crippen LogP contribution in [0.1, 0.15) is 22.2 Å². The Labute approximate surface area is 166 Å². The van der Waals surface area contributed by atoms with Gasteiger partial charge in [0, 0.05) is 25.2 Å². The second-order valence-electron chi connectivity index (χ2n) is 6.50. The second-order valence-corrected chi connectivity index (χ2v) is 7.59. The highest BCUT2D eigenvalue weighted by molar-refractivity contribution is 7.19. The van der Waals surface area contributed by atoms with Gasteiger partial charge in [-0.25, -0.2) is 0 Å². The summed E-state index contributed by atoms with van der Waals surface area (Å²) in [6.45, 7) is 2.69. The van der Waals surface area contributed by atoms with E-state index in [1.54, 1.807) is 31.4 Å². The van der Waals surface area contributed by atoms with Crippen molar-refractivity contribution in [3.05, 3.63) is 47.8 Å². The number of benzene rings is 1. The minimum atomic E-state index is -0.183. The minimum Gasteiger partial charge on any atom is -0.497 e. The maximum Gasteiger partial charge on any atom is 0.268 e. The van der Waals surface area contributed by atoms with Crippen LogP contribution in [-0.4, -0.2) is 54.7 Å². The molecule has 1 aliphatic rings. The van der Waals surface area contributed by atoms with Crippen LogP contribution in [0.25, 0.3) is 10.8 Å². The lowest BCUT2D eigenvalue weighted by molar-refractivity contribution is 0.102. The molecule has 0 radical (unpaired) electrons. The van der Waals surface area contributed by atoms with Gasteiger partial charge in [0.2, 0.25) is 0 Å². The van der Waals surface area contributed by atoms with Gasteiger partial charge in [-0.05, 0) is 43.4 Å². The SMILES string of the molecule is COc1ccc(C(=O)Nc2ccc(-c3nc(C4CNCCN4C)no3)s2)cc1.